The number of rotatable bonds is 6. The number of aryl methyl sites for hydroxylation is 2. The molecule has 21 rings (SSSR count). The number of hydrogen-bond donors (Lipinski definition) is 0. The molecule has 125 heavy (non-hydrogen) atoms. The number of fused-ring (bicyclic) bond motifs is 21. The van der Waals surface area contributed by atoms with Crippen molar-refractivity contribution in [3.63, 3.8) is 0 Å². The summed E-state index contributed by atoms with van der Waals surface area (Å²) in [5.74, 6) is 0. The third-order valence-corrected chi connectivity index (χ3v) is 30.0. The van der Waals surface area contributed by atoms with E-state index in [0.717, 1.165) is 74.9 Å². The van der Waals surface area contributed by atoms with Crippen LogP contribution < -0.4 is 0 Å². The average Bonchev–Trinajstić information content (AvgIpc) is 1.54. The lowest BCUT2D eigenvalue weighted by Gasteiger charge is -2.31. The molecule has 14 aromatic carbocycles. The first-order valence-electron chi connectivity index (χ1n) is 41.0. The second-order valence-electron chi connectivity index (χ2n) is 36.5. The maximum absolute atomic E-state index is 16.9. The Morgan fingerprint density at radius 3 is 0.568 bits per heavy atom. The predicted molar refractivity (Wildman–Crippen MR) is 454 cm³/mol. The van der Waals surface area contributed by atoms with Crippen molar-refractivity contribution in [2.75, 3.05) is 0 Å². The lowest BCUT2D eigenvalue weighted by Crippen LogP contribution is -2.39. The molecule has 0 amide bonds. The topological polar surface area (TPSA) is 0 Å². The minimum Gasteiger partial charge on any atom is -0.170 e. The van der Waals surface area contributed by atoms with E-state index < -0.39 is 75.0 Å². The maximum atomic E-state index is 16.9. The molecule has 0 fully saturated rings. The van der Waals surface area contributed by atoms with Crippen molar-refractivity contribution >= 4 is 0 Å². The van der Waals surface area contributed by atoms with E-state index in [-0.39, 0.29) is 167 Å². The van der Waals surface area contributed by atoms with E-state index in [4.69, 9.17) is 0 Å². The first kappa shape index (κ1) is 80.0. The molecule has 0 spiro atoms. The quantitative estimate of drug-likeness (QED) is 0.146. The van der Waals surface area contributed by atoms with Gasteiger partial charge in [-0.3, -0.25) is 0 Å². The van der Waals surface area contributed by atoms with Gasteiger partial charge in [0.2, 0.25) is 0 Å². The highest BCUT2D eigenvalue weighted by Crippen LogP contribution is 2.67. The Labute approximate surface area is 708 Å². The fourth-order valence-electron chi connectivity index (χ4n) is 22.2. The van der Waals surface area contributed by atoms with Gasteiger partial charge in [0.1, 0.15) is 32.5 Å². The Bertz CT molecular complexity index is 7170. The van der Waals surface area contributed by atoms with E-state index in [1.807, 2.05) is 39.8 Å². The molecule has 0 heterocycles. The standard InChI is InChI=1S/C107H72F18/c1-53-39-79-80-51-77(63-27-37-75-73-35-25-61(47-91(73)100(9,93(75)49-63)106(120,121)122)59-23-33-71-69-31-21-57(43-87(69)98(7,89(71)45-59)104(114,115)116)55-19-29-67-65-15-11-13-17-81(65)96(5,85(67)41-55)102(108,109)110)78(52-84(80)95(3,4)83(79)40-54(53)2)64-28-38-76-74-36-26-62(48-92(74)101(10,94(76)50-64)107(123,124)125)60-24-34-72-70-32-22-58(44-88(70)99(8,90(72)46-60)105(117,118)119)56-20-30-68-66-16-12-14-18-82(66)97(6,86(68)42-56)103(111,112)113/h11-52H,1-10H3. The lowest BCUT2D eigenvalue weighted by molar-refractivity contribution is -0.172. The van der Waals surface area contributed by atoms with Gasteiger partial charge in [-0.25, -0.2) is 0 Å². The summed E-state index contributed by atoms with van der Waals surface area (Å²) in [6.07, 6.45) is -29.5. The van der Waals surface area contributed by atoms with Crippen molar-refractivity contribution in [1.82, 2.24) is 0 Å². The van der Waals surface area contributed by atoms with Crippen LogP contribution in [-0.4, -0.2) is 37.1 Å². The van der Waals surface area contributed by atoms with Gasteiger partial charge in [-0.15, -0.1) is 0 Å². The lowest BCUT2D eigenvalue weighted by atomic mass is 9.76. The van der Waals surface area contributed by atoms with Gasteiger partial charge in [-0.05, 0) is 362 Å². The van der Waals surface area contributed by atoms with Crippen LogP contribution in [0.2, 0.25) is 0 Å². The summed E-state index contributed by atoms with van der Waals surface area (Å²) in [4.78, 5) is 0. The van der Waals surface area contributed by atoms with Crippen LogP contribution in [0.15, 0.2) is 255 Å². The molecule has 0 N–H and O–H groups in total. The van der Waals surface area contributed by atoms with Crippen LogP contribution >= 0.6 is 0 Å². The summed E-state index contributed by atoms with van der Waals surface area (Å²) in [7, 11) is 0. The van der Waals surface area contributed by atoms with E-state index in [1.165, 1.54) is 121 Å². The van der Waals surface area contributed by atoms with Crippen molar-refractivity contribution in [2.45, 2.75) is 144 Å². The predicted octanol–water partition coefficient (Wildman–Crippen LogP) is 31.7. The third-order valence-electron chi connectivity index (χ3n) is 30.0. The Hall–Kier alpha value is -12.2. The molecule has 0 aliphatic heterocycles. The highest BCUT2D eigenvalue weighted by atomic mass is 19.4. The maximum Gasteiger partial charge on any atom is 0.402 e. The van der Waals surface area contributed by atoms with E-state index in [1.54, 1.807) is 109 Å². The van der Waals surface area contributed by atoms with Crippen molar-refractivity contribution < 1.29 is 79.0 Å². The van der Waals surface area contributed by atoms with Crippen LogP contribution in [0.3, 0.4) is 0 Å². The summed E-state index contributed by atoms with van der Waals surface area (Å²) in [6, 6.07) is 65.4. The Morgan fingerprint density at radius 1 is 0.152 bits per heavy atom. The van der Waals surface area contributed by atoms with Crippen molar-refractivity contribution in [2.24, 2.45) is 0 Å². The Balaban J connectivity index is 0.640. The first-order valence-corrected chi connectivity index (χ1v) is 41.0. The molecule has 0 saturated heterocycles. The fraction of sp³-hybridized carbons (Fsp3) is 0.215. The molecule has 6 atom stereocenters. The Kier molecular flexibility index (Phi) is 16.1. The molecule has 626 valence electrons. The van der Waals surface area contributed by atoms with Crippen LogP contribution in [0.5, 0.6) is 0 Å². The molecule has 0 radical (unpaired) electrons. The average molecular weight is 1700 g/mol. The zero-order valence-corrected chi connectivity index (χ0v) is 68.6. The van der Waals surface area contributed by atoms with E-state index >= 15 is 79.0 Å². The Morgan fingerprint density at radius 2 is 0.328 bits per heavy atom. The fourth-order valence-corrected chi connectivity index (χ4v) is 22.2. The molecule has 0 nitrogen and oxygen atoms in total. The minimum absolute atomic E-state index is 0.0430. The molecule has 0 aromatic heterocycles. The van der Waals surface area contributed by atoms with Crippen LogP contribution in [0.1, 0.15) is 144 Å². The molecular formula is C107H72F18. The van der Waals surface area contributed by atoms with Crippen molar-refractivity contribution in [3.8, 4) is 145 Å². The van der Waals surface area contributed by atoms with Gasteiger partial charge in [-0.2, -0.15) is 79.0 Å². The highest BCUT2D eigenvalue weighted by Gasteiger charge is 2.65. The normalized spacial score (nSPS) is 21.7. The van der Waals surface area contributed by atoms with Crippen LogP contribution in [0.4, 0.5) is 79.0 Å². The number of hydrogen-bond acceptors (Lipinski definition) is 0. The monoisotopic (exact) mass is 1700 g/mol. The zero-order valence-electron chi connectivity index (χ0n) is 68.6. The van der Waals surface area contributed by atoms with Crippen LogP contribution in [0.25, 0.3) is 145 Å². The summed E-state index contributed by atoms with van der Waals surface area (Å²) in [6.45, 7) is 14.4. The number of alkyl halides is 18. The van der Waals surface area contributed by atoms with E-state index in [0.29, 0.717) is 33.4 Å². The van der Waals surface area contributed by atoms with Gasteiger partial charge < -0.3 is 0 Å². The van der Waals surface area contributed by atoms with Gasteiger partial charge in [0.25, 0.3) is 0 Å². The molecule has 14 aromatic rings. The second kappa shape index (κ2) is 25.1. The van der Waals surface area contributed by atoms with Crippen molar-refractivity contribution in [3.05, 3.63) is 344 Å². The SMILES string of the molecule is Cc1cc2c(cc1C)C(C)(C)c1cc(-c3ccc4c(c3)C(C)(C(F)(F)F)c3cc(-c5ccc6c(c5)C(C)(C(F)(F)F)c5cc(-c7ccc8c(c7)C(C)(C(F)(F)F)c7ccccc7-8)ccc5-6)ccc3-4)c(-c3ccc4c(c3)C(C)(C(F)(F)F)c3cc(-c5ccc6c(c5)C(C)(C(F)(F)F)c5cc(-c7ccc8c(c7)C(C)(C(F)(F)F)c7ccccc7-8)ccc5-6)ccc3-4)cc1-2. The smallest absolute Gasteiger partial charge is 0.170 e. The highest BCUT2D eigenvalue weighted by molar-refractivity contribution is 5.99. The number of halogens is 18. The summed E-state index contributed by atoms with van der Waals surface area (Å²) < 4.78 is 291. The van der Waals surface area contributed by atoms with Gasteiger partial charge in [0.05, 0.1) is 0 Å². The second-order valence-corrected chi connectivity index (χ2v) is 36.5. The van der Waals surface area contributed by atoms with Crippen LogP contribution in [0, 0.1) is 13.8 Å². The minimum atomic E-state index is -5.04. The molecule has 7 aliphatic rings. The van der Waals surface area contributed by atoms with E-state index in [2.05, 4.69) is 12.1 Å². The number of benzene rings is 14. The largest absolute Gasteiger partial charge is 0.402 e. The molecule has 0 saturated carbocycles. The van der Waals surface area contributed by atoms with Gasteiger partial charge >= 0.3 is 37.1 Å². The van der Waals surface area contributed by atoms with Gasteiger partial charge in [-0.1, -0.05) is 196 Å². The summed E-state index contributed by atoms with van der Waals surface area (Å²) in [5.41, 5.74) is -6.50. The van der Waals surface area contributed by atoms with Crippen LogP contribution in [-0.2, 0) is 37.9 Å². The molecule has 0 bridgehead atoms. The first-order chi connectivity index (χ1) is 58.6. The summed E-state index contributed by atoms with van der Waals surface area (Å²) >= 11 is 0. The molecule has 7 aliphatic carbocycles. The van der Waals surface area contributed by atoms with Crippen molar-refractivity contribution in [1.29, 1.82) is 0 Å². The molecular weight excluding hydrogens is 1630 g/mol. The molecule has 18 heteroatoms. The van der Waals surface area contributed by atoms with Gasteiger partial charge in [0.15, 0.2) is 0 Å². The zero-order chi connectivity index (χ0) is 88.4. The third kappa shape index (κ3) is 10.3. The van der Waals surface area contributed by atoms with Gasteiger partial charge in [0, 0.05) is 5.41 Å². The molecule has 6 unspecified atom stereocenters. The summed E-state index contributed by atoms with van der Waals surface area (Å²) in [5, 5.41) is 0. The van der Waals surface area contributed by atoms with E-state index in [9.17, 15) is 0 Å².